The summed E-state index contributed by atoms with van der Waals surface area (Å²) in [5.74, 6) is 1.12. The first kappa shape index (κ1) is 26.4. The van der Waals surface area contributed by atoms with Crippen molar-refractivity contribution in [3.05, 3.63) is 120 Å². The molecule has 0 saturated carbocycles. The molecule has 7 nitrogen and oxygen atoms in total. The van der Waals surface area contributed by atoms with Gasteiger partial charge in [-0.3, -0.25) is 9.59 Å². The summed E-state index contributed by atoms with van der Waals surface area (Å²) < 4.78 is 16.9. The van der Waals surface area contributed by atoms with Gasteiger partial charge in [0.25, 0.3) is 5.91 Å². The molecule has 0 fully saturated rings. The van der Waals surface area contributed by atoms with Gasteiger partial charge in [-0.1, -0.05) is 54.6 Å². The SMILES string of the molecule is COc1ccc(C)c(C(=O)NC(COCc2ccccc2)C(=O)Nc2ccc(Oc3ccccc3)cc2)c1. The summed E-state index contributed by atoms with van der Waals surface area (Å²) in [7, 11) is 1.54. The van der Waals surface area contributed by atoms with Crippen molar-refractivity contribution < 1.29 is 23.8 Å². The van der Waals surface area contributed by atoms with E-state index in [-0.39, 0.29) is 6.61 Å². The Labute approximate surface area is 222 Å². The predicted octanol–water partition coefficient (Wildman–Crippen LogP) is 5.75. The van der Waals surface area contributed by atoms with Crippen LogP contribution in [-0.4, -0.2) is 31.6 Å². The molecule has 0 heterocycles. The van der Waals surface area contributed by atoms with E-state index in [1.54, 1.807) is 42.5 Å². The maximum atomic E-state index is 13.2. The standard InChI is InChI=1S/C31H30N2O5/c1-22-13-16-27(36-2)19-28(22)30(34)33-29(21-37-20-23-9-5-3-6-10-23)31(35)32-24-14-17-26(18-15-24)38-25-11-7-4-8-12-25/h3-19,29H,20-21H2,1-2H3,(H,32,35)(H,33,34). The zero-order valence-electron chi connectivity index (χ0n) is 21.3. The van der Waals surface area contributed by atoms with Crippen LogP contribution in [0.5, 0.6) is 17.2 Å². The Hall–Kier alpha value is -4.62. The van der Waals surface area contributed by atoms with E-state index in [1.165, 1.54) is 7.11 Å². The molecule has 0 aromatic heterocycles. The zero-order valence-corrected chi connectivity index (χ0v) is 21.3. The van der Waals surface area contributed by atoms with E-state index in [9.17, 15) is 9.59 Å². The number of anilines is 1. The van der Waals surface area contributed by atoms with Crippen LogP contribution in [0.4, 0.5) is 5.69 Å². The number of amides is 2. The van der Waals surface area contributed by atoms with Crippen molar-refractivity contribution in [2.45, 2.75) is 19.6 Å². The fraction of sp³-hybridized carbons (Fsp3) is 0.161. The molecule has 1 unspecified atom stereocenters. The van der Waals surface area contributed by atoms with Gasteiger partial charge in [0.1, 0.15) is 23.3 Å². The number of rotatable bonds is 11. The highest BCUT2D eigenvalue weighted by Crippen LogP contribution is 2.23. The highest BCUT2D eigenvalue weighted by molar-refractivity contribution is 6.02. The lowest BCUT2D eigenvalue weighted by Gasteiger charge is -2.20. The van der Waals surface area contributed by atoms with Gasteiger partial charge in [-0.05, 0) is 66.6 Å². The first-order valence-electron chi connectivity index (χ1n) is 12.2. The molecule has 4 aromatic carbocycles. The Bertz CT molecular complexity index is 1340. The van der Waals surface area contributed by atoms with E-state index in [0.29, 0.717) is 29.4 Å². The molecular formula is C31H30N2O5. The zero-order chi connectivity index (χ0) is 26.7. The van der Waals surface area contributed by atoms with Gasteiger partial charge in [-0.15, -0.1) is 0 Å². The summed E-state index contributed by atoms with van der Waals surface area (Å²) in [6.07, 6.45) is 0. The predicted molar refractivity (Wildman–Crippen MR) is 147 cm³/mol. The Morgan fingerprint density at radius 1 is 0.789 bits per heavy atom. The van der Waals surface area contributed by atoms with Crippen molar-refractivity contribution in [3.63, 3.8) is 0 Å². The van der Waals surface area contributed by atoms with Crippen LogP contribution in [0.15, 0.2) is 103 Å². The molecule has 2 N–H and O–H groups in total. The maximum Gasteiger partial charge on any atom is 0.252 e. The topological polar surface area (TPSA) is 85.9 Å². The third-order valence-corrected chi connectivity index (χ3v) is 5.81. The molecule has 2 amide bonds. The minimum absolute atomic E-state index is 0.00924. The highest BCUT2D eigenvalue weighted by atomic mass is 16.5. The molecule has 4 aromatic rings. The van der Waals surface area contributed by atoms with E-state index < -0.39 is 17.9 Å². The largest absolute Gasteiger partial charge is 0.497 e. The van der Waals surface area contributed by atoms with Gasteiger partial charge in [0.15, 0.2) is 0 Å². The number of methoxy groups -OCH3 is 1. The van der Waals surface area contributed by atoms with Crippen molar-refractivity contribution >= 4 is 17.5 Å². The number of aryl methyl sites for hydroxylation is 1. The van der Waals surface area contributed by atoms with Gasteiger partial charge in [-0.25, -0.2) is 0 Å². The number of carbonyl (C=O) groups is 2. The number of ether oxygens (including phenoxy) is 3. The highest BCUT2D eigenvalue weighted by Gasteiger charge is 2.23. The number of hydrogen-bond donors (Lipinski definition) is 2. The third-order valence-electron chi connectivity index (χ3n) is 5.81. The third kappa shape index (κ3) is 7.44. The van der Waals surface area contributed by atoms with Crippen molar-refractivity contribution in [2.75, 3.05) is 19.0 Å². The number of para-hydroxylation sites is 1. The van der Waals surface area contributed by atoms with Crippen LogP contribution in [0.1, 0.15) is 21.5 Å². The van der Waals surface area contributed by atoms with Crippen LogP contribution in [0.25, 0.3) is 0 Å². The van der Waals surface area contributed by atoms with Crippen molar-refractivity contribution in [2.24, 2.45) is 0 Å². The molecule has 0 aliphatic carbocycles. The first-order valence-corrected chi connectivity index (χ1v) is 12.2. The van der Waals surface area contributed by atoms with Gasteiger partial charge < -0.3 is 24.8 Å². The molecule has 0 saturated heterocycles. The van der Waals surface area contributed by atoms with Gasteiger partial charge in [0.05, 0.1) is 20.3 Å². The molecule has 0 spiro atoms. The lowest BCUT2D eigenvalue weighted by molar-refractivity contribution is -0.119. The molecule has 0 radical (unpaired) electrons. The summed E-state index contributed by atoms with van der Waals surface area (Å²) >= 11 is 0. The molecule has 194 valence electrons. The van der Waals surface area contributed by atoms with Crippen molar-refractivity contribution in [1.29, 1.82) is 0 Å². The Kier molecular flexibility index (Phi) is 9.10. The second kappa shape index (κ2) is 13.1. The second-order valence-corrected chi connectivity index (χ2v) is 8.64. The van der Waals surface area contributed by atoms with E-state index in [2.05, 4.69) is 10.6 Å². The Morgan fingerprint density at radius 3 is 2.11 bits per heavy atom. The Balaban J connectivity index is 1.44. The van der Waals surface area contributed by atoms with Crippen LogP contribution < -0.4 is 20.1 Å². The van der Waals surface area contributed by atoms with Crippen LogP contribution in [0.2, 0.25) is 0 Å². The lowest BCUT2D eigenvalue weighted by Crippen LogP contribution is -2.47. The van der Waals surface area contributed by atoms with E-state index in [0.717, 1.165) is 16.9 Å². The molecule has 0 aliphatic heterocycles. The lowest BCUT2D eigenvalue weighted by atomic mass is 10.1. The fourth-order valence-electron chi connectivity index (χ4n) is 3.72. The second-order valence-electron chi connectivity index (χ2n) is 8.64. The minimum Gasteiger partial charge on any atom is -0.497 e. The van der Waals surface area contributed by atoms with Gasteiger partial charge in [0.2, 0.25) is 5.91 Å². The van der Waals surface area contributed by atoms with Crippen LogP contribution in [-0.2, 0) is 16.1 Å². The Morgan fingerprint density at radius 2 is 1.42 bits per heavy atom. The van der Waals surface area contributed by atoms with E-state index in [1.807, 2.05) is 67.6 Å². The summed E-state index contributed by atoms with van der Waals surface area (Å²) in [5, 5.41) is 5.68. The average molecular weight is 511 g/mol. The monoisotopic (exact) mass is 510 g/mol. The summed E-state index contributed by atoms with van der Waals surface area (Å²) in [6, 6.07) is 30.4. The number of nitrogens with one attached hydrogen (secondary N) is 2. The quantitative estimate of drug-likeness (QED) is 0.268. The maximum absolute atomic E-state index is 13.2. The number of hydrogen-bond acceptors (Lipinski definition) is 5. The normalized spacial score (nSPS) is 11.3. The first-order chi connectivity index (χ1) is 18.5. The molecular weight excluding hydrogens is 480 g/mol. The fourth-order valence-corrected chi connectivity index (χ4v) is 3.72. The smallest absolute Gasteiger partial charge is 0.252 e. The van der Waals surface area contributed by atoms with Crippen LogP contribution in [0, 0.1) is 6.92 Å². The molecule has 7 heteroatoms. The molecule has 4 rings (SSSR count). The summed E-state index contributed by atoms with van der Waals surface area (Å²) in [6.45, 7) is 2.13. The van der Waals surface area contributed by atoms with Crippen LogP contribution in [0.3, 0.4) is 0 Å². The summed E-state index contributed by atoms with van der Waals surface area (Å²) in [5.41, 5.74) is 2.72. The molecule has 0 bridgehead atoms. The van der Waals surface area contributed by atoms with Crippen molar-refractivity contribution in [1.82, 2.24) is 5.32 Å². The van der Waals surface area contributed by atoms with E-state index >= 15 is 0 Å². The molecule has 0 aliphatic rings. The van der Waals surface area contributed by atoms with E-state index in [4.69, 9.17) is 14.2 Å². The van der Waals surface area contributed by atoms with Gasteiger partial charge >= 0.3 is 0 Å². The molecule has 1 atom stereocenters. The van der Waals surface area contributed by atoms with Gasteiger partial charge in [-0.2, -0.15) is 0 Å². The van der Waals surface area contributed by atoms with Crippen LogP contribution >= 0.6 is 0 Å². The molecule has 38 heavy (non-hydrogen) atoms. The average Bonchev–Trinajstić information content (AvgIpc) is 2.95. The van der Waals surface area contributed by atoms with Gasteiger partial charge in [0, 0.05) is 11.3 Å². The summed E-state index contributed by atoms with van der Waals surface area (Å²) in [4.78, 5) is 26.4. The number of benzene rings is 4. The minimum atomic E-state index is -0.933. The van der Waals surface area contributed by atoms with Crippen molar-refractivity contribution in [3.8, 4) is 17.2 Å². The number of carbonyl (C=O) groups excluding carboxylic acids is 2.